The second-order valence-electron chi connectivity index (χ2n) is 6.25. The van der Waals surface area contributed by atoms with Crippen LogP contribution in [0.1, 0.15) is 17.5 Å². The van der Waals surface area contributed by atoms with Crippen molar-refractivity contribution in [1.29, 1.82) is 0 Å². The molecule has 28 heavy (non-hydrogen) atoms. The highest BCUT2D eigenvalue weighted by atomic mass is 19.4. The molecule has 0 unspecified atom stereocenters. The number of carbonyl (C=O) groups excluding carboxylic acids is 1. The van der Waals surface area contributed by atoms with Crippen LogP contribution in [0.3, 0.4) is 0 Å². The highest BCUT2D eigenvalue weighted by Gasteiger charge is 2.37. The van der Waals surface area contributed by atoms with E-state index >= 15 is 0 Å². The number of fused-ring (bicyclic) bond motifs is 1. The van der Waals surface area contributed by atoms with Gasteiger partial charge in [0.2, 0.25) is 0 Å². The summed E-state index contributed by atoms with van der Waals surface area (Å²) in [5.74, 6) is -0.367. The summed E-state index contributed by atoms with van der Waals surface area (Å²) in [4.78, 5) is 15.1. The third-order valence-corrected chi connectivity index (χ3v) is 4.44. The van der Waals surface area contributed by atoms with E-state index in [4.69, 9.17) is 0 Å². The first kappa shape index (κ1) is 17.9. The van der Waals surface area contributed by atoms with Crippen LogP contribution >= 0.6 is 0 Å². The molecule has 0 N–H and O–H groups in total. The Morgan fingerprint density at radius 1 is 1.00 bits per heavy atom. The minimum atomic E-state index is -4.60. The standard InChI is InChI=1S/C21H14F3N3O/c22-21(23,24)18-6-3-11-25-20(18)27-19(10-9-17(13-28)26-27)16-8-7-14-4-1-2-5-15(14)12-16/h1-8,10-13H,9H2. The highest BCUT2D eigenvalue weighted by molar-refractivity contribution is 6.29. The molecule has 4 nitrogen and oxygen atoms in total. The number of benzene rings is 2. The Labute approximate surface area is 158 Å². The van der Waals surface area contributed by atoms with Crippen LogP contribution in [0.25, 0.3) is 16.5 Å². The minimum absolute atomic E-state index is 0.128. The molecule has 7 heteroatoms. The van der Waals surface area contributed by atoms with Crippen LogP contribution in [0.5, 0.6) is 0 Å². The van der Waals surface area contributed by atoms with E-state index in [2.05, 4.69) is 10.1 Å². The molecule has 0 spiro atoms. The van der Waals surface area contributed by atoms with Gasteiger partial charge in [-0.05, 0) is 29.0 Å². The number of anilines is 1. The maximum absolute atomic E-state index is 13.5. The lowest BCUT2D eigenvalue weighted by Gasteiger charge is -2.27. The molecule has 140 valence electrons. The monoisotopic (exact) mass is 381 g/mol. The first-order valence-electron chi connectivity index (χ1n) is 8.52. The number of allylic oxidation sites excluding steroid dienone is 1. The van der Waals surface area contributed by atoms with E-state index in [-0.39, 0.29) is 18.0 Å². The fourth-order valence-corrected chi connectivity index (χ4v) is 3.12. The van der Waals surface area contributed by atoms with Crippen molar-refractivity contribution >= 4 is 34.3 Å². The molecule has 0 fully saturated rings. The Bertz CT molecular complexity index is 1120. The van der Waals surface area contributed by atoms with E-state index < -0.39 is 11.7 Å². The molecule has 0 amide bonds. The lowest BCUT2D eigenvalue weighted by atomic mass is 10.0. The summed E-state index contributed by atoms with van der Waals surface area (Å²) in [6, 6.07) is 15.5. The van der Waals surface area contributed by atoms with Gasteiger partial charge in [-0.15, -0.1) is 0 Å². The number of nitrogens with zero attached hydrogens (tertiary/aromatic N) is 3. The van der Waals surface area contributed by atoms with Crippen molar-refractivity contribution in [3.63, 3.8) is 0 Å². The van der Waals surface area contributed by atoms with Gasteiger partial charge in [-0.25, -0.2) is 9.99 Å². The van der Waals surface area contributed by atoms with Crippen molar-refractivity contribution in [2.45, 2.75) is 12.6 Å². The summed E-state index contributed by atoms with van der Waals surface area (Å²) in [7, 11) is 0. The van der Waals surface area contributed by atoms with Crippen molar-refractivity contribution < 1.29 is 18.0 Å². The van der Waals surface area contributed by atoms with Crippen molar-refractivity contribution in [2.24, 2.45) is 5.10 Å². The lowest BCUT2D eigenvalue weighted by Crippen LogP contribution is -2.25. The first-order valence-corrected chi connectivity index (χ1v) is 8.52. The van der Waals surface area contributed by atoms with Gasteiger partial charge in [-0.2, -0.15) is 18.3 Å². The Hall–Kier alpha value is -3.48. The number of rotatable bonds is 3. The van der Waals surface area contributed by atoms with Gasteiger partial charge in [0.25, 0.3) is 0 Å². The molecule has 2 aromatic carbocycles. The molecule has 1 aliphatic rings. The van der Waals surface area contributed by atoms with Crippen LogP contribution in [-0.4, -0.2) is 17.0 Å². The summed E-state index contributed by atoms with van der Waals surface area (Å²) >= 11 is 0. The van der Waals surface area contributed by atoms with E-state index in [1.54, 1.807) is 6.08 Å². The minimum Gasteiger partial charge on any atom is -0.296 e. The van der Waals surface area contributed by atoms with Crippen LogP contribution in [0.2, 0.25) is 0 Å². The normalized spacial score (nSPS) is 14.6. The van der Waals surface area contributed by atoms with Crippen LogP contribution in [0.15, 0.2) is 72.0 Å². The van der Waals surface area contributed by atoms with Crippen molar-refractivity contribution in [2.75, 3.05) is 5.01 Å². The third kappa shape index (κ3) is 3.26. The van der Waals surface area contributed by atoms with Gasteiger partial charge < -0.3 is 0 Å². The van der Waals surface area contributed by atoms with E-state index in [0.717, 1.165) is 21.8 Å². The summed E-state index contributed by atoms with van der Waals surface area (Å²) in [6.45, 7) is 0. The number of aldehydes is 1. The number of hydrogen-bond donors (Lipinski definition) is 0. The van der Waals surface area contributed by atoms with Gasteiger partial charge in [-0.1, -0.05) is 42.5 Å². The molecule has 2 heterocycles. The predicted molar refractivity (Wildman–Crippen MR) is 102 cm³/mol. The quantitative estimate of drug-likeness (QED) is 0.596. The molecule has 0 aliphatic carbocycles. The van der Waals surface area contributed by atoms with Crippen molar-refractivity contribution in [3.05, 3.63) is 78.0 Å². The molecule has 0 atom stereocenters. The summed E-state index contributed by atoms with van der Waals surface area (Å²) in [5.41, 5.74) is 0.340. The molecule has 3 aromatic rings. The Morgan fingerprint density at radius 2 is 1.79 bits per heavy atom. The predicted octanol–water partition coefficient (Wildman–Crippen LogP) is 5.06. The maximum Gasteiger partial charge on any atom is 0.420 e. The molecule has 0 saturated carbocycles. The number of aromatic nitrogens is 1. The average molecular weight is 381 g/mol. The zero-order chi connectivity index (χ0) is 19.7. The van der Waals surface area contributed by atoms with Gasteiger partial charge in [-0.3, -0.25) is 4.79 Å². The van der Waals surface area contributed by atoms with Gasteiger partial charge in [0.05, 0.1) is 5.70 Å². The average Bonchev–Trinajstić information content (AvgIpc) is 2.72. The largest absolute Gasteiger partial charge is 0.420 e. The Morgan fingerprint density at radius 3 is 2.54 bits per heavy atom. The summed E-state index contributed by atoms with van der Waals surface area (Å²) < 4.78 is 40.5. The van der Waals surface area contributed by atoms with E-state index in [1.807, 2.05) is 42.5 Å². The van der Waals surface area contributed by atoms with E-state index in [9.17, 15) is 18.0 Å². The molecule has 4 rings (SSSR count). The van der Waals surface area contributed by atoms with E-state index in [0.29, 0.717) is 17.5 Å². The number of hydrazone groups is 1. The molecule has 1 aliphatic heterocycles. The van der Waals surface area contributed by atoms with Crippen LogP contribution < -0.4 is 5.01 Å². The second kappa shape index (κ2) is 6.92. The van der Waals surface area contributed by atoms with Gasteiger partial charge in [0.1, 0.15) is 11.3 Å². The van der Waals surface area contributed by atoms with Crippen LogP contribution in [-0.2, 0) is 11.0 Å². The van der Waals surface area contributed by atoms with Gasteiger partial charge in [0.15, 0.2) is 12.1 Å². The molecule has 1 aromatic heterocycles. The van der Waals surface area contributed by atoms with Crippen LogP contribution in [0, 0.1) is 0 Å². The lowest BCUT2D eigenvalue weighted by molar-refractivity contribution is -0.137. The number of carbonyl (C=O) groups is 1. The zero-order valence-corrected chi connectivity index (χ0v) is 14.5. The van der Waals surface area contributed by atoms with Gasteiger partial charge in [0, 0.05) is 18.2 Å². The number of pyridine rings is 1. The molecular formula is C21H14F3N3O. The third-order valence-electron chi connectivity index (χ3n) is 4.44. The second-order valence-corrected chi connectivity index (χ2v) is 6.25. The SMILES string of the molecule is O=CC1=NN(c2ncccc2C(F)(F)F)C(c2ccc3ccccc3c2)=CC1. The molecular weight excluding hydrogens is 367 g/mol. The van der Waals surface area contributed by atoms with Crippen molar-refractivity contribution in [1.82, 2.24) is 4.98 Å². The Kier molecular flexibility index (Phi) is 4.43. The molecule has 0 radical (unpaired) electrons. The van der Waals surface area contributed by atoms with Crippen molar-refractivity contribution in [3.8, 4) is 0 Å². The number of halogens is 3. The topological polar surface area (TPSA) is 45.6 Å². The first-order chi connectivity index (χ1) is 13.5. The van der Waals surface area contributed by atoms with Gasteiger partial charge >= 0.3 is 6.18 Å². The number of alkyl halides is 3. The summed E-state index contributed by atoms with van der Waals surface area (Å²) in [5, 5.41) is 7.19. The maximum atomic E-state index is 13.5. The number of hydrogen-bond acceptors (Lipinski definition) is 4. The Balaban J connectivity index is 1.87. The van der Waals surface area contributed by atoms with E-state index in [1.165, 1.54) is 12.3 Å². The molecule has 0 saturated heterocycles. The van der Waals surface area contributed by atoms with Crippen LogP contribution in [0.4, 0.5) is 19.0 Å². The zero-order valence-electron chi connectivity index (χ0n) is 14.5. The smallest absolute Gasteiger partial charge is 0.296 e. The fraction of sp³-hybridized carbons (Fsp3) is 0.0952. The highest BCUT2D eigenvalue weighted by Crippen LogP contribution is 2.39. The summed E-state index contributed by atoms with van der Waals surface area (Å²) in [6.07, 6.45) is -0.872. The molecule has 0 bridgehead atoms. The fourth-order valence-electron chi connectivity index (χ4n) is 3.12.